The van der Waals surface area contributed by atoms with Crippen LogP contribution >= 0.6 is 0 Å². The first-order chi connectivity index (χ1) is 9.86. The number of aromatic nitrogens is 2. The van der Waals surface area contributed by atoms with Crippen LogP contribution in [0.4, 0.5) is 0 Å². The summed E-state index contributed by atoms with van der Waals surface area (Å²) in [5.74, 6) is 0. The summed E-state index contributed by atoms with van der Waals surface area (Å²) in [6.07, 6.45) is 10.4. The summed E-state index contributed by atoms with van der Waals surface area (Å²) in [6, 6.07) is 6.54. The van der Waals surface area contributed by atoms with Crippen LogP contribution in [0.25, 0.3) is 11.1 Å². The third-order valence-corrected chi connectivity index (χ3v) is 4.37. The molecule has 0 bridgehead atoms. The van der Waals surface area contributed by atoms with Crippen molar-refractivity contribution in [3.63, 3.8) is 0 Å². The fraction of sp³-hybridized carbons (Fsp3) is 0.312. The van der Waals surface area contributed by atoms with Gasteiger partial charge in [0.2, 0.25) is 0 Å². The van der Waals surface area contributed by atoms with Gasteiger partial charge in [0.25, 0.3) is 0 Å². The molecule has 0 fully saturated rings. The van der Waals surface area contributed by atoms with Gasteiger partial charge in [0.05, 0.1) is 11.9 Å². The highest BCUT2D eigenvalue weighted by molar-refractivity contribution is 5.68. The normalized spacial score (nSPS) is 23.6. The third-order valence-electron chi connectivity index (χ3n) is 4.37. The minimum atomic E-state index is 0.0822. The number of fused-ring (bicyclic) bond motifs is 1. The van der Waals surface area contributed by atoms with Crippen molar-refractivity contribution in [1.29, 1.82) is 0 Å². The van der Waals surface area contributed by atoms with Crippen LogP contribution in [-0.2, 0) is 12.8 Å². The van der Waals surface area contributed by atoms with Gasteiger partial charge in [0, 0.05) is 24.5 Å². The number of rotatable bonds is 1. The molecule has 1 aromatic carbocycles. The van der Waals surface area contributed by atoms with Crippen molar-refractivity contribution in [1.82, 2.24) is 15.3 Å². The van der Waals surface area contributed by atoms with Gasteiger partial charge in [-0.15, -0.1) is 0 Å². The molecule has 1 atom stereocenters. The SMILES string of the molecule is C1=NC2(CCc3c(cccc3-c3cncnc3)C2)CN1. The zero-order valence-electron chi connectivity index (χ0n) is 11.2. The molecule has 1 aliphatic heterocycles. The number of nitrogens with one attached hydrogen (secondary N) is 1. The van der Waals surface area contributed by atoms with E-state index < -0.39 is 0 Å². The molecule has 0 saturated carbocycles. The maximum atomic E-state index is 4.67. The van der Waals surface area contributed by atoms with Crippen LogP contribution in [0.1, 0.15) is 17.5 Å². The van der Waals surface area contributed by atoms with E-state index in [1.807, 2.05) is 18.7 Å². The molecule has 4 rings (SSSR count). The van der Waals surface area contributed by atoms with E-state index in [0.29, 0.717) is 0 Å². The highest BCUT2D eigenvalue weighted by Crippen LogP contribution is 2.37. The van der Waals surface area contributed by atoms with Crippen molar-refractivity contribution in [2.24, 2.45) is 4.99 Å². The van der Waals surface area contributed by atoms with Gasteiger partial charge in [0.15, 0.2) is 0 Å². The molecule has 2 aromatic rings. The Morgan fingerprint density at radius 2 is 2.05 bits per heavy atom. The Labute approximate surface area is 118 Å². The van der Waals surface area contributed by atoms with Gasteiger partial charge >= 0.3 is 0 Å². The van der Waals surface area contributed by atoms with E-state index in [-0.39, 0.29) is 5.54 Å². The minimum Gasteiger partial charge on any atom is -0.374 e. The van der Waals surface area contributed by atoms with Crippen LogP contribution in [0.2, 0.25) is 0 Å². The monoisotopic (exact) mass is 264 g/mol. The number of aliphatic imine (C=N–C) groups is 1. The average molecular weight is 264 g/mol. The Morgan fingerprint density at radius 3 is 2.85 bits per heavy atom. The summed E-state index contributed by atoms with van der Waals surface area (Å²) >= 11 is 0. The van der Waals surface area contributed by atoms with Crippen molar-refractivity contribution in [2.45, 2.75) is 24.8 Å². The van der Waals surface area contributed by atoms with E-state index >= 15 is 0 Å². The van der Waals surface area contributed by atoms with Gasteiger partial charge in [0.1, 0.15) is 6.33 Å². The molecular formula is C16H16N4. The zero-order valence-corrected chi connectivity index (χ0v) is 11.2. The highest BCUT2D eigenvalue weighted by Gasteiger charge is 2.36. The lowest BCUT2D eigenvalue weighted by Gasteiger charge is -2.32. The van der Waals surface area contributed by atoms with Crippen molar-refractivity contribution in [3.8, 4) is 11.1 Å². The lowest BCUT2D eigenvalue weighted by molar-refractivity contribution is 0.395. The molecule has 1 unspecified atom stereocenters. The van der Waals surface area contributed by atoms with Crippen LogP contribution in [0.5, 0.6) is 0 Å². The van der Waals surface area contributed by atoms with Crippen molar-refractivity contribution >= 4 is 6.34 Å². The molecule has 1 N–H and O–H groups in total. The summed E-state index contributed by atoms with van der Waals surface area (Å²) < 4.78 is 0. The van der Waals surface area contributed by atoms with Gasteiger partial charge in [-0.3, -0.25) is 4.99 Å². The summed E-state index contributed by atoms with van der Waals surface area (Å²) in [7, 11) is 0. The van der Waals surface area contributed by atoms with E-state index in [9.17, 15) is 0 Å². The van der Waals surface area contributed by atoms with Crippen LogP contribution in [0.15, 0.2) is 41.9 Å². The molecule has 0 radical (unpaired) electrons. The second-order valence-corrected chi connectivity index (χ2v) is 5.61. The van der Waals surface area contributed by atoms with Crippen LogP contribution < -0.4 is 5.32 Å². The lowest BCUT2D eigenvalue weighted by atomic mass is 9.76. The van der Waals surface area contributed by atoms with Crippen LogP contribution in [0, 0.1) is 0 Å². The Kier molecular flexibility index (Phi) is 2.55. The molecule has 0 amide bonds. The molecule has 1 aliphatic carbocycles. The number of nitrogens with zero attached hydrogens (tertiary/aromatic N) is 3. The van der Waals surface area contributed by atoms with E-state index in [1.54, 1.807) is 6.33 Å². The Balaban J connectivity index is 1.77. The predicted octanol–water partition coefficient (Wildman–Crippen LogP) is 2.00. The molecule has 0 saturated heterocycles. The maximum absolute atomic E-state index is 4.67. The first kappa shape index (κ1) is 11.6. The molecule has 100 valence electrons. The predicted molar refractivity (Wildman–Crippen MR) is 78.7 cm³/mol. The van der Waals surface area contributed by atoms with Gasteiger partial charge in [-0.05, 0) is 36.0 Å². The largest absolute Gasteiger partial charge is 0.374 e. The quantitative estimate of drug-likeness (QED) is 0.857. The maximum Gasteiger partial charge on any atom is 0.115 e. The number of hydrogen-bond donors (Lipinski definition) is 1. The Hall–Kier alpha value is -2.23. The van der Waals surface area contributed by atoms with Crippen LogP contribution in [-0.4, -0.2) is 28.4 Å². The first-order valence-electron chi connectivity index (χ1n) is 7.00. The summed E-state index contributed by atoms with van der Waals surface area (Å²) in [4.78, 5) is 12.9. The average Bonchev–Trinajstić information content (AvgIpc) is 2.95. The standard InChI is InChI=1S/C16H16N4/c1-2-12-6-16(9-19-11-20-16)5-4-15(12)14(3-1)13-7-17-10-18-8-13/h1-3,7-8,10-11H,4-6,9H2,(H,19,20). The molecular weight excluding hydrogens is 248 g/mol. The lowest BCUT2D eigenvalue weighted by Crippen LogP contribution is -2.38. The highest BCUT2D eigenvalue weighted by atomic mass is 15.1. The topological polar surface area (TPSA) is 50.2 Å². The molecule has 2 aliphatic rings. The van der Waals surface area contributed by atoms with Gasteiger partial charge in [-0.1, -0.05) is 18.2 Å². The smallest absolute Gasteiger partial charge is 0.115 e. The van der Waals surface area contributed by atoms with E-state index in [2.05, 4.69) is 38.5 Å². The van der Waals surface area contributed by atoms with E-state index in [1.165, 1.54) is 16.7 Å². The first-order valence-corrected chi connectivity index (χ1v) is 7.00. The molecule has 4 nitrogen and oxygen atoms in total. The minimum absolute atomic E-state index is 0.0822. The fourth-order valence-electron chi connectivity index (χ4n) is 3.33. The molecule has 1 aromatic heterocycles. The second kappa shape index (κ2) is 4.40. The second-order valence-electron chi connectivity index (χ2n) is 5.61. The van der Waals surface area contributed by atoms with E-state index in [0.717, 1.165) is 31.4 Å². The number of hydrogen-bond acceptors (Lipinski definition) is 4. The van der Waals surface area contributed by atoms with Crippen LogP contribution in [0.3, 0.4) is 0 Å². The van der Waals surface area contributed by atoms with Gasteiger partial charge in [-0.25, -0.2) is 9.97 Å². The zero-order chi connectivity index (χ0) is 13.4. The van der Waals surface area contributed by atoms with Gasteiger partial charge in [-0.2, -0.15) is 0 Å². The fourth-order valence-corrected chi connectivity index (χ4v) is 3.33. The Bertz CT molecular complexity index is 665. The summed E-state index contributed by atoms with van der Waals surface area (Å²) in [6.45, 7) is 0.963. The van der Waals surface area contributed by atoms with Crippen molar-refractivity contribution < 1.29 is 0 Å². The van der Waals surface area contributed by atoms with Crippen molar-refractivity contribution in [3.05, 3.63) is 48.0 Å². The van der Waals surface area contributed by atoms with Gasteiger partial charge < -0.3 is 5.32 Å². The molecule has 20 heavy (non-hydrogen) atoms. The summed E-state index contributed by atoms with van der Waals surface area (Å²) in [5.41, 5.74) is 5.31. The Morgan fingerprint density at radius 1 is 1.15 bits per heavy atom. The number of benzene rings is 1. The molecule has 4 heteroatoms. The third kappa shape index (κ3) is 1.80. The molecule has 1 spiro atoms. The van der Waals surface area contributed by atoms with Crippen molar-refractivity contribution in [2.75, 3.05) is 6.54 Å². The molecule has 2 heterocycles. The van der Waals surface area contributed by atoms with E-state index in [4.69, 9.17) is 0 Å². The summed E-state index contributed by atoms with van der Waals surface area (Å²) in [5, 5.41) is 3.25.